The summed E-state index contributed by atoms with van der Waals surface area (Å²) in [5.41, 5.74) is 2.03. The summed E-state index contributed by atoms with van der Waals surface area (Å²) in [6, 6.07) is 11.0. The molecule has 2 nitrogen and oxygen atoms in total. The summed E-state index contributed by atoms with van der Waals surface area (Å²) in [6.07, 6.45) is 2.74. The van der Waals surface area contributed by atoms with E-state index in [0.29, 0.717) is 5.41 Å². The number of nitrogens with zero attached hydrogens (tertiary/aromatic N) is 1. The third kappa shape index (κ3) is 2.80. The molecule has 1 aromatic carbocycles. The van der Waals surface area contributed by atoms with E-state index in [0.717, 1.165) is 4.48 Å². The summed E-state index contributed by atoms with van der Waals surface area (Å²) >= 11 is 0. The molecule has 15 heavy (non-hydrogen) atoms. The summed E-state index contributed by atoms with van der Waals surface area (Å²) in [7, 11) is 6.84. The average Bonchev–Trinajstić information content (AvgIpc) is 2.85. The molecular formula is C13H21NO. The lowest BCUT2D eigenvalue weighted by molar-refractivity contribution is -0.873. The van der Waals surface area contributed by atoms with Crippen LogP contribution >= 0.6 is 0 Å². The Balaban J connectivity index is 0.00000112. The molecular weight excluding hydrogens is 186 g/mol. The van der Waals surface area contributed by atoms with E-state index in [9.17, 15) is 0 Å². The van der Waals surface area contributed by atoms with Gasteiger partial charge in [0.05, 0.1) is 27.7 Å². The Morgan fingerprint density at radius 2 is 1.60 bits per heavy atom. The Kier molecular flexibility index (Phi) is 3.22. The quantitative estimate of drug-likeness (QED) is 0.699. The van der Waals surface area contributed by atoms with Crippen LogP contribution in [-0.2, 0) is 5.41 Å². The molecule has 1 aliphatic carbocycles. The van der Waals surface area contributed by atoms with Gasteiger partial charge in [-0.05, 0) is 18.4 Å². The number of quaternary nitrogens is 1. The summed E-state index contributed by atoms with van der Waals surface area (Å²) in [6.45, 7) is 1.26. The first kappa shape index (κ1) is 12.2. The SMILES string of the molecule is C[N+](C)(C)CC1(c2ccccc2)CC1.[OH-]. The van der Waals surface area contributed by atoms with Crippen LogP contribution in [0.1, 0.15) is 18.4 Å². The van der Waals surface area contributed by atoms with Crippen molar-refractivity contribution in [3.8, 4) is 0 Å². The number of hydrogen-bond donors (Lipinski definition) is 0. The lowest BCUT2D eigenvalue weighted by Crippen LogP contribution is -2.41. The van der Waals surface area contributed by atoms with Crippen LogP contribution in [0.3, 0.4) is 0 Å². The van der Waals surface area contributed by atoms with Crippen molar-refractivity contribution in [1.82, 2.24) is 0 Å². The zero-order valence-electron chi connectivity index (χ0n) is 9.90. The molecule has 1 saturated carbocycles. The van der Waals surface area contributed by atoms with Crippen molar-refractivity contribution in [2.24, 2.45) is 0 Å². The number of benzene rings is 1. The van der Waals surface area contributed by atoms with Gasteiger partial charge < -0.3 is 9.96 Å². The van der Waals surface area contributed by atoms with Crippen LogP contribution in [0, 0.1) is 0 Å². The van der Waals surface area contributed by atoms with Gasteiger partial charge in [-0.25, -0.2) is 0 Å². The molecule has 0 amide bonds. The van der Waals surface area contributed by atoms with E-state index in [-0.39, 0.29) is 5.48 Å². The summed E-state index contributed by atoms with van der Waals surface area (Å²) in [5.74, 6) is 0. The maximum Gasteiger partial charge on any atom is 0.0878 e. The monoisotopic (exact) mass is 207 g/mol. The Morgan fingerprint density at radius 3 is 2.00 bits per heavy atom. The van der Waals surface area contributed by atoms with E-state index < -0.39 is 0 Å². The fourth-order valence-corrected chi connectivity index (χ4v) is 2.39. The molecule has 0 radical (unpaired) electrons. The smallest absolute Gasteiger partial charge is 0.0878 e. The second-order valence-electron chi connectivity index (χ2n) is 5.59. The molecule has 0 atom stereocenters. The summed E-state index contributed by atoms with van der Waals surface area (Å²) in [5, 5.41) is 0. The van der Waals surface area contributed by atoms with Crippen LogP contribution < -0.4 is 0 Å². The van der Waals surface area contributed by atoms with Crippen LogP contribution in [-0.4, -0.2) is 37.6 Å². The van der Waals surface area contributed by atoms with Crippen molar-refractivity contribution in [3.05, 3.63) is 35.9 Å². The second-order valence-corrected chi connectivity index (χ2v) is 5.59. The van der Waals surface area contributed by atoms with Gasteiger partial charge in [0.15, 0.2) is 0 Å². The molecule has 0 unspecified atom stereocenters. The summed E-state index contributed by atoms with van der Waals surface area (Å²) < 4.78 is 1.06. The predicted octanol–water partition coefficient (Wildman–Crippen LogP) is 2.25. The normalized spacial score (nSPS) is 18.1. The third-order valence-electron chi connectivity index (χ3n) is 3.02. The van der Waals surface area contributed by atoms with Gasteiger partial charge in [-0.15, -0.1) is 0 Å². The van der Waals surface area contributed by atoms with Crippen molar-refractivity contribution in [1.29, 1.82) is 0 Å². The van der Waals surface area contributed by atoms with E-state index in [2.05, 4.69) is 51.5 Å². The van der Waals surface area contributed by atoms with Gasteiger partial charge in [-0.1, -0.05) is 30.3 Å². The molecule has 0 heterocycles. The minimum absolute atomic E-state index is 0. The van der Waals surface area contributed by atoms with Crippen LogP contribution in [0.5, 0.6) is 0 Å². The lowest BCUT2D eigenvalue weighted by atomic mass is 9.95. The highest BCUT2D eigenvalue weighted by molar-refractivity contribution is 5.31. The molecule has 84 valence electrons. The molecule has 2 rings (SSSR count). The van der Waals surface area contributed by atoms with Gasteiger partial charge in [0.2, 0.25) is 0 Å². The maximum atomic E-state index is 2.28. The van der Waals surface area contributed by atoms with E-state index in [1.165, 1.54) is 24.9 Å². The third-order valence-corrected chi connectivity index (χ3v) is 3.02. The van der Waals surface area contributed by atoms with Gasteiger partial charge in [0.25, 0.3) is 0 Å². The molecule has 1 fully saturated rings. The number of likely N-dealkylation sites (N-methyl/N-ethyl adjacent to an activating group) is 1. The molecule has 1 aliphatic rings. The van der Waals surface area contributed by atoms with E-state index in [1.807, 2.05) is 0 Å². The fraction of sp³-hybridized carbons (Fsp3) is 0.538. The molecule has 0 aliphatic heterocycles. The maximum absolute atomic E-state index is 2.28. The molecule has 0 spiro atoms. The Morgan fingerprint density at radius 1 is 1.07 bits per heavy atom. The number of rotatable bonds is 3. The summed E-state index contributed by atoms with van der Waals surface area (Å²) in [4.78, 5) is 0. The van der Waals surface area contributed by atoms with Crippen molar-refractivity contribution in [2.75, 3.05) is 27.7 Å². The largest absolute Gasteiger partial charge is 0.870 e. The van der Waals surface area contributed by atoms with Gasteiger partial charge in [0.1, 0.15) is 0 Å². The highest BCUT2D eigenvalue weighted by atomic mass is 16.0. The van der Waals surface area contributed by atoms with Crippen LogP contribution in [0.2, 0.25) is 0 Å². The highest BCUT2D eigenvalue weighted by Crippen LogP contribution is 2.49. The number of hydrogen-bond acceptors (Lipinski definition) is 1. The van der Waals surface area contributed by atoms with E-state index in [1.54, 1.807) is 0 Å². The average molecular weight is 207 g/mol. The van der Waals surface area contributed by atoms with E-state index in [4.69, 9.17) is 0 Å². The van der Waals surface area contributed by atoms with Gasteiger partial charge in [-0.2, -0.15) is 0 Å². The zero-order chi connectivity index (χ0) is 10.2. The molecule has 0 saturated heterocycles. The van der Waals surface area contributed by atoms with Gasteiger partial charge in [0, 0.05) is 5.41 Å². The van der Waals surface area contributed by atoms with Crippen LogP contribution in [0.25, 0.3) is 0 Å². The first-order valence-corrected chi connectivity index (χ1v) is 5.38. The Hall–Kier alpha value is -0.860. The molecule has 0 bridgehead atoms. The Bertz CT molecular complexity index is 309. The first-order chi connectivity index (χ1) is 6.52. The second kappa shape index (κ2) is 3.95. The zero-order valence-corrected chi connectivity index (χ0v) is 9.90. The first-order valence-electron chi connectivity index (χ1n) is 5.38. The van der Waals surface area contributed by atoms with Crippen LogP contribution in [0.4, 0.5) is 0 Å². The standard InChI is InChI=1S/C13H20N.H2O/c1-14(2,3)11-13(9-10-13)12-7-5-4-6-8-12;/h4-8H,9-11H2,1-3H3;1H2/q+1;/p-1. The minimum Gasteiger partial charge on any atom is -0.870 e. The van der Waals surface area contributed by atoms with Gasteiger partial charge >= 0.3 is 0 Å². The lowest BCUT2D eigenvalue weighted by Gasteiger charge is -2.29. The highest BCUT2D eigenvalue weighted by Gasteiger charge is 2.48. The van der Waals surface area contributed by atoms with Gasteiger partial charge in [-0.3, -0.25) is 0 Å². The topological polar surface area (TPSA) is 30.0 Å². The van der Waals surface area contributed by atoms with Crippen molar-refractivity contribution < 1.29 is 9.96 Å². The van der Waals surface area contributed by atoms with Crippen molar-refractivity contribution in [2.45, 2.75) is 18.3 Å². The molecule has 1 aromatic rings. The van der Waals surface area contributed by atoms with Crippen molar-refractivity contribution >= 4 is 0 Å². The fourth-order valence-electron chi connectivity index (χ4n) is 2.39. The Labute approximate surface area is 92.4 Å². The molecule has 2 heteroatoms. The van der Waals surface area contributed by atoms with Crippen LogP contribution in [0.15, 0.2) is 30.3 Å². The van der Waals surface area contributed by atoms with Crippen molar-refractivity contribution in [3.63, 3.8) is 0 Å². The molecule has 1 N–H and O–H groups in total. The predicted molar refractivity (Wildman–Crippen MR) is 62.2 cm³/mol. The molecule has 0 aromatic heterocycles. The minimum atomic E-state index is 0. The van der Waals surface area contributed by atoms with E-state index >= 15 is 0 Å².